The monoisotopic (exact) mass is 360 g/mol. The molecule has 4 rings (SSSR count). The van der Waals surface area contributed by atoms with Crippen molar-refractivity contribution < 1.29 is 5.11 Å². The third-order valence-electron chi connectivity index (χ3n) is 6.28. The second kappa shape index (κ2) is 7.19. The van der Waals surface area contributed by atoms with E-state index in [9.17, 15) is 5.11 Å². The Morgan fingerprint density at radius 3 is 2.46 bits per heavy atom. The summed E-state index contributed by atoms with van der Waals surface area (Å²) in [5.74, 6) is 3.01. The van der Waals surface area contributed by atoms with Crippen molar-refractivity contribution in [1.29, 1.82) is 0 Å². The molecule has 1 atom stereocenters. The zero-order valence-electron chi connectivity index (χ0n) is 15.9. The number of anilines is 3. The maximum absolute atomic E-state index is 10.1. The normalized spacial score (nSPS) is 27.8. The van der Waals surface area contributed by atoms with Crippen LogP contribution in [0.3, 0.4) is 0 Å². The lowest BCUT2D eigenvalue weighted by Gasteiger charge is -2.43. The van der Waals surface area contributed by atoms with E-state index >= 15 is 0 Å². The predicted octanol–water partition coefficient (Wildman–Crippen LogP) is 1.19. The van der Waals surface area contributed by atoms with Gasteiger partial charge in [0.05, 0.1) is 6.61 Å². The summed E-state index contributed by atoms with van der Waals surface area (Å²) in [5.41, 5.74) is 6.08. The predicted molar refractivity (Wildman–Crippen MR) is 104 cm³/mol. The van der Waals surface area contributed by atoms with Crippen LogP contribution in [0.1, 0.15) is 32.1 Å². The molecule has 3 aliphatic rings. The fourth-order valence-corrected chi connectivity index (χ4v) is 4.50. The highest BCUT2D eigenvalue weighted by molar-refractivity contribution is 5.54. The Kier molecular flexibility index (Phi) is 4.92. The van der Waals surface area contributed by atoms with Crippen LogP contribution in [0.4, 0.5) is 17.6 Å². The summed E-state index contributed by atoms with van der Waals surface area (Å²) in [5, 5.41) is 10.1. The lowest BCUT2D eigenvalue weighted by Crippen LogP contribution is -2.47. The number of likely N-dealkylation sites (N-methyl/N-ethyl adjacent to an activating group) is 1. The number of piperidine rings is 1. The number of hydrogen-bond acceptors (Lipinski definition) is 7. The lowest BCUT2D eigenvalue weighted by atomic mass is 9.76. The molecule has 3 fully saturated rings. The van der Waals surface area contributed by atoms with Gasteiger partial charge in [-0.3, -0.25) is 0 Å². The Bertz CT molecular complexity index is 628. The lowest BCUT2D eigenvalue weighted by molar-refractivity contribution is 0.0901. The molecule has 2 saturated heterocycles. The largest absolute Gasteiger partial charge is 0.396 e. The van der Waals surface area contributed by atoms with Gasteiger partial charge in [0.2, 0.25) is 5.95 Å². The molecular formula is C19H32N6O. The van der Waals surface area contributed by atoms with Crippen LogP contribution in [0.25, 0.3) is 0 Å². The third kappa shape index (κ3) is 3.88. The molecule has 7 heteroatoms. The van der Waals surface area contributed by atoms with Crippen molar-refractivity contribution >= 4 is 17.6 Å². The van der Waals surface area contributed by atoms with Crippen LogP contribution in [-0.4, -0.2) is 72.9 Å². The minimum Gasteiger partial charge on any atom is -0.396 e. The van der Waals surface area contributed by atoms with Gasteiger partial charge in [0.15, 0.2) is 0 Å². The first-order valence-electron chi connectivity index (χ1n) is 10.0. The summed E-state index contributed by atoms with van der Waals surface area (Å²) in [6.07, 6.45) is 6.01. The summed E-state index contributed by atoms with van der Waals surface area (Å²) in [4.78, 5) is 16.0. The van der Waals surface area contributed by atoms with Gasteiger partial charge < -0.3 is 25.5 Å². The second-order valence-corrected chi connectivity index (χ2v) is 8.56. The maximum Gasteiger partial charge on any atom is 0.223 e. The van der Waals surface area contributed by atoms with Crippen LogP contribution in [0.5, 0.6) is 0 Å². The van der Waals surface area contributed by atoms with Gasteiger partial charge in [-0.15, -0.1) is 0 Å². The van der Waals surface area contributed by atoms with Gasteiger partial charge in [-0.05, 0) is 32.2 Å². The van der Waals surface area contributed by atoms with Crippen molar-refractivity contribution in [2.45, 2.75) is 32.1 Å². The van der Waals surface area contributed by atoms with Gasteiger partial charge in [-0.25, -0.2) is 0 Å². The smallest absolute Gasteiger partial charge is 0.223 e. The van der Waals surface area contributed by atoms with E-state index in [0.29, 0.717) is 5.95 Å². The van der Waals surface area contributed by atoms with E-state index in [-0.39, 0.29) is 12.0 Å². The molecule has 144 valence electrons. The quantitative estimate of drug-likeness (QED) is 0.816. The Balaban J connectivity index is 1.52. The van der Waals surface area contributed by atoms with E-state index in [1.165, 1.54) is 12.8 Å². The number of nitrogens with two attached hydrogens (primary N) is 1. The van der Waals surface area contributed by atoms with Crippen molar-refractivity contribution in [3.05, 3.63) is 6.07 Å². The molecule has 3 N–H and O–H groups in total. The number of nitrogens with zero attached hydrogens (tertiary/aromatic N) is 5. The minimum absolute atomic E-state index is 0.0210. The van der Waals surface area contributed by atoms with Crippen LogP contribution in [-0.2, 0) is 0 Å². The van der Waals surface area contributed by atoms with Crippen molar-refractivity contribution in [3.63, 3.8) is 0 Å². The fraction of sp³-hybridized carbons (Fsp3) is 0.789. The Hall–Kier alpha value is -1.60. The van der Waals surface area contributed by atoms with Crippen LogP contribution >= 0.6 is 0 Å². The highest BCUT2D eigenvalue weighted by Crippen LogP contribution is 2.45. The summed E-state index contributed by atoms with van der Waals surface area (Å²) in [7, 11) is 2.15. The van der Waals surface area contributed by atoms with Crippen LogP contribution in [0.2, 0.25) is 0 Å². The first kappa shape index (κ1) is 17.8. The van der Waals surface area contributed by atoms with Gasteiger partial charge in [0, 0.05) is 50.7 Å². The standard InChI is InChI=1S/C19H32N6O/c1-23-7-9-24(10-8-23)16-11-17(22-18(20)21-16)25-6-2-5-19(13-25,14-26)12-15-3-4-15/h11,15,26H,2-10,12-14H2,1H3,(H2,20,21,22). The molecule has 1 aliphatic carbocycles. The van der Waals surface area contributed by atoms with Gasteiger partial charge in [0.25, 0.3) is 0 Å². The average molecular weight is 361 g/mol. The van der Waals surface area contributed by atoms with Gasteiger partial charge in [-0.2, -0.15) is 9.97 Å². The molecule has 1 saturated carbocycles. The number of piperazine rings is 1. The van der Waals surface area contributed by atoms with Gasteiger partial charge >= 0.3 is 0 Å². The molecule has 1 aromatic heterocycles. The molecule has 0 spiro atoms. The first-order chi connectivity index (χ1) is 12.6. The molecule has 2 aliphatic heterocycles. The van der Waals surface area contributed by atoms with E-state index in [1.54, 1.807) is 0 Å². The van der Waals surface area contributed by atoms with Crippen molar-refractivity contribution in [2.75, 3.05) is 68.5 Å². The zero-order valence-corrected chi connectivity index (χ0v) is 15.9. The van der Waals surface area contributed by atoms with Crippen LogP contribution in [0.15, 0.2) is 6.07 Å². The van der Waals surface area contributed by atoms with Gasteiger partial charge in [0.1, 0.15) is 11.6 Å². The molecule has 0 bridgehead atoms. The number of nitrogen functional groups attached to an aromatic ring is 1. The maximum atomic E-state index is 10.1. The van der Waals surface area contributed by atoms with E-state index < -0.39 is 0 Å². The molecular weight excluding hydrogens is 328 g/mol. The highest BCUT2D eigenvalue weighted by Gasteiger charge is 2.40. The van der Waals surface area contributed by atoms with Crippen molar-refractivity contribution in [1.82, 2.24) is 14.9 Å². The van der Waals surface area contributed by atoms with Crippen LogP contribution < -0.4 is 15.5 Å². The number of rotatable bonds is 5. The zero-order chi connectivity index (χ0) is 18.1. The minimum atomic E-state index is 0.0210. The Labute approximate surface area is 156 Å². The van der Waals surface area contributed by atoms with E-state index in [4.69, 9.17) is 5.73 Å². The van der Waals surface area contributed by atoms with Crippen molar-refractivity contribution in [3.8, 4) is 0 Å². The SMILES string of the molecule is CN1CCN(c2cc(N3CCCC(CO)(CC4CC4)C3)nc(N)n2)CC1. The van der Waals surface area contributed by atoms with Crippen LogP contribution in [0, 0.1) is 11.3 Å². The topological polar surface area (TPSA) is 81.8 Å². The van der Waals surface area contributed by atoms with E-state index in [0.717, 1.165) is 76.1 Å². The number of aliphatic hydroxyl groups excluding tert-OH is 1. The summed E-state index contributed by atoms with van der Waals surface area (Å²) in [6, 6.07) is 2.09. The molecule has 0 aromatic carbocycles. The van der Waals surface area contributed by atoms with Crippen molar-refractivity contribution in [2.24, 2.45) is 11.3 Å². The highest BCUT2D eigenvalue weighted by atomic mass is 16.3. The number of aromatic nitrogens is 2. The Morgan fingerprint density at radius 2 is 1.81 bits per heavy atom. The third-order valence-corrected chi connectivity index (χ3v) is 6.28. The summed E-state index contributed by atoms with van der Waals surface area (Å²) < 4.78 is 0. The fourth-order valence-electron chi connectivity index (χ4n) is 4.50. The molecule has 26 heavy (non-hydrogen) atoms. The molecule has 0 amide bonds. The molecule has 3 heterocycles. The number of aliphatic hydroxyl groups is 1. The first-order valence-corrected chi connectivity index (χ1v) is 10.0. The molecule has 1 aromatic rings. The molecule has 1 unspecified atom stereocenters. The van der Waals surface area contributed by atoms with E-state index in [1.807, 2.05) is 0 Å². The molecule has 0 radical (unpaired) electrons. The van der Waals surface area contributed by atoms with E-state index in [2.05, 4.69) is 37.8 Å². The summed E-state index contributed by atoms with van der Waals surface area (Å²) >= 11 is 0. The summed E-state index contributed by atoms with van der Waals surface area (Å²) in [6.45, 7) is 6.13. The average Bonchev–Trinajstić information content (AvgIpc) is 3.46. The van der Waals surface area contributed by atoms with Gasteiger partial charge in [-0.1, -0.05) is 12.8 Å². The Morgan fingerprint density at radius 1 is 1.12 bits per heavy atom. The molecule has 7 nitrogen and oxygen atoms in total. The number of hydrogen-bond donors (Lipinski definition) is 2. The second-order valence-electron chi connectivity index (χ2n) is 8.56.